The third-order valence-electron chi connectivity index (χ3n) is 14.3. The van der Waals surface area contributed by atoms with E-state index in [1.165, 1.54) is 22.3 Å². The maximum absolute atomic E-state index is 13.4. The predicted molar refractivity (Wildman–Crippen MR) is 260 cm³/mol. The van der Waals surface area contributed by atoms with Gasteiger partial charge in [0.2, 0.25) is 0 Å². The summed E-state index contributed by atoms with van der Waals surface area (Å²) in [5, 5.41) is 0. The Labute approximate surface area is 403 Å². The predicted octanol–water partition coefficient (Wildman–Crippen LogP) is 8.45. The number of carbonyl (C=O) groups is 2. The largest absolute Gasteiger partial charge is 0.493 e. The first-order chi connectivity index (χ1) is 32.7. The molecule has 0 N–H and O–H groups in total. The molecular formula is C54H74N2O12+2. The van der Waals surface area contributed by atoms with Gasteiger partial charge in [0.1, 0.15) is 12.1 Å². The molecule has 0 spiro atoms. The standard InChI is InChI=1S/C54H74N2O12/c1-36(68-54(58)22-26-56(3)24-20-40-33-50(64-9)52(66-11)35-42(40)44(56)29-38-16-18-46(60-5)48(31-38)62-7)14-12-13-27-67-53(57)21-25-55(2)23-19-39-32-49(63-8)51(65-10)34-41(39)43(55)28-37-15-17-45(59-4)47(30-37)61-6/h15-18,30-36,43-44H,12-14,19-29H2,1-11H3/q+2/t36?,43-,44-,55-,56-/m1/s1. The maximum Gasteiger partial charge on any atom is 0.311 e. The third kappa shape index (κ3) is 12.0. The molecule has 2 heterocycles. The Morgan fingerprint density at radius 1 is 0.529 bits per heavy atom. The van der Waals surface area contributed by atoms with Gasteiger partial charge in [-0.15, -0.1) is 0 Å². The fourth-order valence-corrected chi connectivity index (χ4v) is 10.1. The molecule has 0 aliphatic carbocycles. The molecule has 0 aromatic heterocycles. The van der Waals surface area contributed by atoms with Crippen LogP contribution in [-0.4, -0.2) is 131 Å². The highest BCUT2D eigenvalue weighted by atomic mass is 16.5. The van der Waals surface area contributed by atoms with Crippen molar-refractivity contribution in [1.29, 1.82) is 0 Å². The Bertz CT molecular complexity index is 2350. The number of benzene rings is 4. The molecule has 0 saturated carbocycles. The van der Waals surface area contributed by atoms with Crippen molar-refractivity contribution in [2.24, 2.45) is 0 Å². The van der Waals surface area contributed by atoms with E-state index in [-0.39, 0.29) is 43.0 Å². The van der Waals surface area contributed by atoms with Crippen molar-refractivity contribution < 1.29 is 65.9 Å². The monoisotopic (exact) mass is 943 g/mol. The van der Waals surface area contributed by atoms with Gasteiger partial charge in [-0.25, -0.2) is 0 Å². The van der Waals surface area contributed by atoms with Gasteiger partial charge in [-0.05, 0) is 97.0 Å². The molecule has 4 aromatic carbocycles. The number of ether oxygens (including phenoxy) is 10. The number of carbonyl (C=O) groups excluding carboxylic acids is 2. The number of rotatable bonds is 24. The van der Waals surface area contributed by atoms with Crippen LogP contribution in [0.4, 0.5) is 0 Å². The lowest BCUT2D eigenvalue weighted by molar-refractivity contribution is -0.940. The molecule has 5 atom stereocenters. The van der Waals surface area contributed by atoms with Crippen molar-refractivity contribution >= 4 is 11.9 Å². The van der Waals surface area contributed by atoms with Crippen LogP contribution in [0.25, 0.3) is 0 Å². The summed E-state index contributed by atoms with van der Waals surface area (Å²) in [6.45, 7) is 5.16. The highest BCUT2D eigenvalue weighted by molar-refractivity contribution is 5.70. The van der Waals surface area contributed by atoms with Gasteiger partial charge in [0.25, 0.3) is 0 Å². The van der Waals surface area contributed by atoms with E-state index >= 15 is 0 Å². The molecule has 1 unspecified atom stereocenters. The zero-order chi connectivity index (χ0) is 49.0. The molecule has 2 aliphatic heterocycles. The lowest BCUT2D eigenvalue weighted by Gasteiger charge is -2.46. The summed E-state index contributed by atoms with van der Waals surface area (Å²) in [5.74, 6) is 5.05. The Hall–Kier alpha value is -5.86. The second-order valence-corrected chi connectivity index (χ2v) is 18.5. The zero-order valence-electron chi connectivity index (χ0n) is 42.2. The average molecular weight is 943 g/mol. The lowest BCUT2D eigenvalue weighted by Crippen LogP contribution is -2.53. The van der Waals surface area contributed by atoms with Crippen molar-refractivity contribution in [1.82, 2.24) is 0 Å². The molecular weight excluding hydrogens is 869 g/mol. The topological polar surface area (TPSA) is 126 Å². The number of esters is 2. The second kappa shape index (κ2) is 23.4. The average Bonchev–Trinajstić information content (AvgIpc) is 3.35. The SMILES string of the molecule is COc1ccc(C[C@@H]2c3cc(OC)c(OC)cc3CC[N@+]2(C)CCC(=O)OCCCCC(C)OC(=O)CC[N@@+]2(C)CCc3cc(OC)c(OC)cc3[C@H]2Cc2ccc(OC)c(OC)c2)cc1OC. The van der Waals surface area contributed by atoms with Crippen molar-refractivity contribution in [3.63, 3.8) is 0 Å². The summed E-state index contributed by atoms with van der Waals surface area (Å²) in [6, 6.07) is 20.5. The number of nitrogens with zero attached hydrogens (tertiary/aromatic N) is 2. The van der Waals surface area contributed by atoms with Crippen LogP contribution in [0.5, 0.6) is 46.0 Å². The van der Waals surface area contributed by atoms with Crippen LogP contribution in [0.2, 0.25) is 0 Å². The number of methoxy groups -OCH3 is 8. The maximum atomic E-state index is 13.4. The molecule has 0 fully saturated rings. The summed E-state index contributed by atoms with van der Waals surface area (Å²) in [4.78, 5) is 26.7. The minimum Gasteiger partial charge on any atom is -0.493 e. The minimum atomic E-state index is -0.266. The Morgan fingerprint density at radius 3 is 1.35 bits per heavy atom. The molecule has 0 bridgehead atoms. The minimum absolute atomic E-state index is 0.0323. The first kappa shape index (κ1) is 51.5. The van der Waals surface area contributed by atoms with Gasteiger partial charge < -0.3 is 56.3 Å². The molecule has 2 aliphatic rings. The van der Waals surface area contributed by atoms with Gasteiger partial charge in [0.15, 0.2) is 46.0 Å². The van der Waals surface area contributed by atoms with E-state index in [9.17, 15) is 9.59 Å². The molecule has 370 valence electrons. The van der Waals surface area contributed by atoms with E-state index in [1.807, 2.05) is 31.2 Å². The van der Waals surface area contributed by atoms with Crippen LogP contribution in [-0.2, 0) is 44.7 Å². The highest BCUT2D eigenvalue weighted by Gasteiger charge is 2.42. The van der Waals surface area contributed by atoms with Gasteiger partial charge in [-0.1, -0.05) is 12.1 Å². The lowest BCUT2D eigenvalue weighted by atomic mass is 9.86. The van der Waals surface area contributed by atoms with Crippen LogP contribution >= 0.6 is 0 Å². The summed E-state index contributed by atoms with van der Waals surface area (Å²) in [6.07, 6.45) is 5.53. The Balaban J connectivity index is 1.00. The fraction of sp³-hybridized carbons (Fsp3) is 0.519. The van der Waals surface area contributed by atoms with Crippen LogP contribution < -0.4 is 37.9 Å². The summed E-state index contributed by atoms with van der Waals surface area (Å²) < 4.78 is 58.1. The molecule has 4 aromatic rings. The molecule has 0 radical (unpaired) electrons. The van der Waals surface area contributed by atoms with E-state index in [1.54, 1.807) is 56.9 Å². The molecule has 68 heavy (non-hydrogen) atoms. The van der Waals surface area contributed by atoms with Crippen molar-refractivity contribution in [2.75, 3.05) is 104 Å². The summed E-state index contributed by atoms with van der Waals surface area (Å²) in [7, 11) is 17.6. The highest BCUT2D eigenvalue weighted by Crippen LogP contribution is 2.45. The van der Waals surface area contributed by atoms with Gasteiger partial charge in [-0.3, -0.25) is 9.59 Å². The van der Waals surface area contributed by atoms with Crippen LogP contribution in [0.1, 0.15) is 84.5 Å². The smallest absolute Gasteiger partial charge is 0.311 e. The van der Waals surface area contributed by atoms with Gasteiger partial charge in [0.05, 0.1) is 123 Å². The number of fused-ring (bicyclic) bond motifs is 2. The molecule has 14 heteroatoms. The molecule has 6 rings (SSSR count). The zero-order valence-corrected chi connectivity index (χ0v) is 42.2. The third-order valence-corrected chi connectivity index (χ3v) is 14.3. The van der Waals surface area contributed by atoms with E-state index in [2.05, 4.69) is 50.5 Å². The van der Waals surface area contributed by atoms with Crippen molar-refractivity contribution in [2.45, 2.75) is 82.9 Å². The van der Waals surface area contributed by atoms with Crippen molar-refractivity contribution in [3.05, 3.63) is 94.0 Å². The first-order valence-electron chi connectivity index (χ1n) is 23.7. The Kier molecular flexibility index (Phi) is 17.8. The van der Waals surface area contributed by atoms with Crippen molar-refractivity contribution in [3.8, 4) is 46.0 Å². The van der Waals surface area contributed by atoms with E-state index in [0.717, 1.165) is 56.3 Å². The molecule has 0 saturated heterocycles. The Morgan fingerprint density at radius 2 is 0.926 bits per heavy atom. The van der Waals surface area contributed by atoms with E-state index < -0.39 is 0 Å². The normalized spacial score (nSPS) is 19.9. The van der Waals surface area contributed by atoms with Crippen LogP contribution in [0.3, 0.4) is 0 Å². The number of quaternary nitrogens is 2. The fourth-order valence-electron chi connectivity index (χ4n) is 10.1. The molecule has 14 nitrogen and oxygen atoms in total. The van der Waals surface area contributed by atoms with Crippen LogP contribution in [0.15, 0.2) is 60.7 Å². The summed E-state index contributed by atoms with van der Waals surface area (Å²) >= 11 is 0. The van der Waals surface area contributed by atoms with E-state index in [4.69, 9.17) is 47.4 Å². The summed E-state index contributed by atoms with van der Waals surface area (Å²) in [5.41, 5.74) is 7.00. The van der Waals surface area contributed by atoms with Crippen LogP contribution in [0, 0.1) is 0 Å². The first-order valence-corrected chi connectivity index (χ1v) is 23.7. The molecule has 0 amide bonds. The van der Waals surface area contributed by atoms with Gasteiger partial charge >= 0.3 is 11.9 Å². The van der Waals surface area contributed by atoms with Gasteiger partial charge in [0, 0.05) is 36.8 Å². The van der Waals surface area contributed by atoms with E-state index in [0.29, 0.717) is 87.5 Å². The number of unbranched alkanes of at least 4 members (excludes halogenated alkanes) is 1. The van der Waals surface area contributed by atoms with Gasteiger partial charge in [-0.2, -0.15) is 0 Å². The number of likely N-dealkylation sites (N-methyl/N-ethyl adjacent to an activating group) is 2. The second-order valence-electron chi connectivity index (χ2n) is 18.5. The number of hydrogen-bond donors (Lipinski definition) is 0. The number of hydrogen-bond acceptors (Lipinski definition) is 12. The quantitative estimate of drug-likeness (QED) is 0.0380.